The molecule has 0 fully saturated rings. The van der Waals surface area contributed by atoms with E-state index in [1.54, 1.807) is 6.33 Å². The normalized spacial score (nSPS) is 21.8. The van der Waals surface area contributed by atoms with E-state index >= 15 is 0 Å². The van der Waals surface area contributed by atoms with Crippen LogP contribution in [0.2, 0.25) is 0 Å². The monoisotopic (exact) mass is 166 g/mol. The fourth-order valence-electron chi connectivity index (χ4n) is 1.69. The van der Waals surface area contributed by atoms with Crippen molar-refractivity contribution in [1.82, 2.24) is 9.97 Å². The molecule has 64 valence electrons. The SMILES string of the molecule is O=C(O)C1CCCc2[nH]cnc21. The second kappa shape index (κ2) is 2.62. The zero-order valence-corrected chi connectivity index (χ0v) is 6.58. The standard InChI is InChI=1S/C8H10N2O2/c11-8(12)5-2-1-3-6-7(5)10-4-9-6/h4-5H,1-3H2,(H,9,10)(H,11,12). The van der Waals surface area contributed by atoms with E-state index in [0.29, 0.717) is 6.42 Å². The summed E-state index contributed by atoms with van der Waals surface area (Å²) in [6.07, 6.45) is 4.16. The van der Waals surface area contributed by atoms with Crippen molar-refractivity contribution in [3.8, 4) is 0 Å². The summed E-state index contributed by atoms with van der Waals surface area (Å²) < 4.78 is 0. The molecule has 0 saturated carbocycles. The van der Waals surface area contributed by atoms with E-state index in [1.807, 2.05) is 0 Å². The van der Waals surface area contributed by atoms with E-state index in [4.69, 9.17) is 5.11 Å². The molecule has 0 bridgehead atoms. The molecule has 1 heterocycles. The first-order valence-electron chi connectivity index (χ1n) is 4.04. The van der Waals surface area contributed by atoms with Gasteiger partial charge in [0.05, 0.1) is 12.0 Å². The number of nitrogens with zero attached hydrogens (tertiary/aromatic N) is 1. The van der Waals surface area contributed by atoms with E-state index in [9.17, 15) is 4.79 Å². The fourth-order valence-corrected chi connectivity index (χ4v) is 1.69. The zero-order chi connectivity index (χ0) is 8.55. The number of fused-ring (bicyclic) bond motifs is 1. The van der Waals surface area contributed by atoms with Gasteiger partial charge in [-0.3, -0.25) is 4.79 Å². The molecule has 0 amide bonds. The lowest BCUT2D eigenvalue weighted by atomic mass is 9.90. The lowest BCUT2D eigenvalue weighted by molar-refractivity contribution is -0.139. The average Bonchev–Trinajstić information content (AvgIpc) is 2.49. The molecular formula is C8H10N2O2. The quantitative estimate of drug-likeness (QED) is 0.651. The Balaban J connectivity index is 2.37. The topological polar surface area (TPSA) is 66.0 Å². The summed E-state index contributed by atoms with van der Waals surface area (Å²) in [5, 5.41) is 8.85. The molecule has 1 aliphatic rings. The van der Waals surface area contributed by atoms with Crippen LogP contribution >= 0.6 is 0 Å². The maximum atomic E-state index is 10.8. The summed E-state index contributed by atoms with van der Waals surface area (Å²) in [4.78, 5) is 17.8. The van der Waals surface area contributed by atoms with Gasteiger partial charge in [-0.25, -0.2) is 4.98 Å². The zero-order valence-electron chi connectivity index (χ0n) is 6.58. The van der Waals surface area contributed by atoms with Gasteiger partial charge in [0.2, 0.25) is 0 Å². The minimum absolute atomic E-state index is 0.389. The molecule has 4 heteroatoms. The molecule has 0 aromatic carbocycles. The molecule has 0 radical (unpaired) electrons. The maximum absolute atomic E-state index is 10.8. The largest absolute Gasteiger partial charge is 0.481 e. The Morgan fingerprint density at radius 1 is 1.75 bits per heavy atom. The van der Waals surface area contributed by atoms with Crippen LogP contribution in [0.3, 0.4) is 0 Å². The number of aliphatic carboxylic acids is 1. The minimum atomic E-state index is -0.761. The number of carboxylic acids is 1. The molecule has 1 aliphatic carbocycles. The number of hydrogen-bond donors (Lipinski definition) is 2. The van der Waals surface area contributed by atoms with Gasteiger partial charge in [-0.1, -0.05) is 0 Å². The molecule has 1 atom stereocenters. The van der Waals surface area contributed by atoms with Gasteiger partial charge in [-0.15, -0.1) is 0 Å². The lowest BCUT2D eigenvalue weighted by Gasteiger charge is -2.16. The molecule has 4 nitrogen and oxygen atoms in total. The van der Waals surface area contributed by atoms with Crippen LogP contribution in [0.25, 0.3) is 0 Å². The number of aromatic nitrogens is 2. The first-order chi connectivity index (χ1) is 5.79. The number of imidazole rings is 1. The van der Waals surface area contributed by atoms with Crippen molar-refractivity contribution in [2.75, 3.05) is 0 Å². The number of rotatable bonds is 1. The maximum Gasteiger partial charge on any atom is 0.312 e. The van der Waals surface area contributed by atoms with Crippen molar-refractivity contribution < 1.29 is 9.90 Å². The Morgan fingerprint density at radius 3 is 3.33 bits per heavy atom. The third-order valence-corrected chi connectivity index (χ3v) is 2.30. The van der Waals surface area contributed by atoms with Crippen LogP contribution in [-0.2, 0) is 11.2 Å². The predicted molar refractivity (Wildman–Crippen MR) is 41.9 cm³/mol. The average molecular weight is 166 g/mol. The number of nitrogens with one attached hydrogen (secondary N) is 1. The summed E-state index contributed by atoms with van der Waals surface area (Å²) in [5.41, 5.74) is 1.72. The molecule has 1 aromatic rings. The number of aryl methyl sites for hydroxylation is 1. The van der Waals surface area contributed by atoms with Crippen molar-refractivity contribution >= 4 is 5.97 Å². The van der Waals surface area contributed by atoms with Crippen LogP contribution in [0, 0.1) is 0 Å². The van der Waals surface area contributed by atoms with Crippen LogP contribution in [0.5, 0.6) is 0 Å². The smallest absolute Gasteiger partial charge is 0.312 e. The highest BCUT2D eigenvalue weighted by Crippen LogP contribution is 2.28. The molecule has 1 aromatic heterocycles. The summed E-state index contributed by atoms with van der Waals surface area (Å²) >= 11 is 0. The second-order valence-corrected chi connectivity index (χ2v) is 3.05. The summed E-state index contributed by atoms with van der Waals surface area (Å²) in [5.74, 6) is -1.15. The Kier molecular flexibility index (Phi) is 1.60. The molecule has 12 heavy (non-hydrogen) atoms. The Bertz CT molecular complexity index is 306. The number of aromatic amines is 1. The van der Waals surface area contributed by atoms with Crippen LogP contribution in [-0.4, -0.2) is 21.0 Å². The number of H-pyrrole nitrogens is 1. The number of hydrogen-bond acceptors (Lipinski definition) is 2. The highest BCUT2D eigenvalue weighted by Gasteiger charge is 2.27. The highest BCUT2D eigenvalue weighted by atomic mass is 16.4. The van der Waals surface area contributed by atoms with Gasteiger partial charge >= 0.3 is 5.97 Å². The van der Waals surface area contributed by atoms with Crippen LogP contribution in [0.4, 0.5) is 0 Å². The van der Waals surface area contributed by atoms with E-state index in [0.717, 1.165) is 24.2 Å². The fraction of sp³-hybridized carbons (Fsp3) is 0.500. The van der Waals surface area contributed by atoms with Gasteiger partial charge < -0.3 is 10.1 Å². The number of carbonyl (C=O) groups is 1. The molecular weight excluding hydrogens is 156 g/mol. The third kappa shape index (κ3) is 0.995. The third-order valence-electron chi connectivity index (χ3n) is 2.30. The predicted octanol–water partition coefficient (Wildman–Crippen LogP) is 0.914. The molecule has 0 spiro atoms. The van der Waals surface area contributed by atoms with Crippen LogP contribution < -0.4 is 0 Å². The molecule has 1 unspecified atom stereocenters. The summed E-state index contributed by atoms with van der Waals surface area (Å²) in [7, 11) is 0. The van der Waals surface area contributed by atoms with Crippen LogP contribution in [0.1, 0.15) is 30.1 Å². The van der Waals surface area contributed by atoms with Crippen molar-refractivity contribution in [3.63, 3.8) is 0 Å². The van der Waals surface area contributed by atoms with Gasteiger partial charge in [0, 0.05) is 5.69 Å². The van der Waals surface area contributed by atoms with Crippen molar-refractivity contribution in [2.24, 2.45) is 0 Å². The van der Waals surface area contributed by atoms with Crippen molar-refractivity contribution in [2.45, 2.75) is 25.2 Å². The van der Waals surface area contributed by atoms with Crippen LogP contribution in [0.15, 0.2) is 6.33 Å². The van der Waals surface area contributed by atoms with Gasteiger partial charge in [0.15, 0.2) is 0 Å². The van der Waals surface area contributed by atoms with Gasteiger partial charge in [0.25, 0.3) is 0 Å². The van der Waals surface area contributed by atoms with E-state index in [-0.39, 0.29) is 5.92 Å². The van der Waals surface area contributed by atoms with E-state index < -0.39 is 5.97 Å². The van der Waals surface area contributed by atoms with Crippen molar-refractivity contribution in [1.29, 1.82) is 0 Å². The van der Waals surface area contributed by atoms with Crippen molar-refractivity contribution in [3.05, 3.63) is 17.7 Å². The molecule has 2 rings (SSSR count). The second-order valence-electron chi connectivity index (χ2n) is 3.05. The Labute approximate surface area is 69.6 Å². The van der Waals surface area contributed by atoms with Gasteiger partial charge in [0.1, 0.15) is 5.92 Å². The summed E-state index contributed by atoms with van der Waals surface area (Å²) in [6.45, 7) is 0. The van der Waals surface area contributed by atoms with Gasteiger partial charge in [-0.2, -0.15) is 0 Å². The highest BCUT2D eigenvalue weighted by molar-refractivity contribution is 5.76. The lowest BCUT2D eigenvalue weighted by Crippen LogP contribution is -2.17. The first kappa shape index (κ1) is 7.34. The number of carboxylic acid groups (broad SMARTS) is 1. The molecule has 2 N–H and O–H groups in total. The van der Waals surface area contributed by atoms with E-state index in [2.05, 4.69) is 9.97 Å². The van der Waals surface area contributed by atoms with Gasteiger partial charge in [-0.05, 0) is 19.3 Å². The molecule has 0 saturated heterocycles. The Morgan fingerprint density at radius 2 is 2.58 bits per heavy atom. The minimum Gasteiger partial charge on any atom is -0.481 e. The first-order valence-corrected chi connectivity index (χ1v) is 4.04. The Hall–Kier alpha value is -1.32. The molecule has 0 aliphatic heterocycles. The summed E-state index contributed by atoms with van der Waals surface area (Å²) in [6, 6.07) is 0. The van der Waals surface area contributed by atoms with E-state index in [1.165, 1.54) is 0 Å².